The minimum atomic E-state index is -0.0875. The monoisotopic (exact) mass is 226 g/mol. The van der Waals surface area contributed by atoms with Gasteiger partial charge in [-0.05, 0) is 30.5 Å². The van der Waals surface area contributed by atoms with Crippen molar-refractivity contribution in [2.45, 2.75) is 18.9 Å². The van der Waals surface area contributed by atoms with Crippen molar-refractivity contribution in [3.05, 3.63) is 35.4 Å². The number of rotatable bonds is 4. The van der Waals surface area contributed by atoms with Crippen LogP contribution in [0.4, 0.5) is 0 Å². The fourth-order valence-corrected chi connectivity index (χ4v) is 1.32. The van der Waals surface area contributed by atoms with Crippen LogP contribution in [0.25, 0.3) is 0 Å². The van der Waals surface area contributed by atoms with Crippen molar-refractivity contribution in [3.8, 4) is 6.07 Å². The van der Waals surface area contributed by atoms with Crippen molar-refractivity contribution in [2.24, 2.45) is 5.73 Å². The van der Waals surface area contributed by atoms with Crippen molar-refractivity contribution >= 4 is 12.4 Å². The number of benzene rings is 1. The third kappa shape index (κ3) is 4.30. The van der Waals surface area contributed by atoms with Crippen LogP contribution in [0.2, 0.25) is 0 Å². The van der Waals surface area contributed by atoms with Crippen LogP contribution >= 0.6 is 12.4 Å². The first-order valence-corrected chi connectivity index (χ1v) is 4.64. The highest BCUT2D eigenvalue weighted by Crippen LogP contribution is 2.16. The highest BCUT2D eigenvalue weighted by atomic mass is 35.5. The molecule has 1 aromatic rings. The van der Waals surface area contributed by atoms with Crippen LogP contribution in [-0.2, 0) is 0 Å². The molecular weight excluding hydrogens is 212 g/mol. The van der Waals surface area contributed by atoms with Gasteiger partial charge in [0.1, 0.15) is 0 Å². The highest BCUT2D eigenvalue weighted by Gasteiger charge is 2.05. The van der Waals surface area contributed by atoms with E-state index in [4.69, 9.17) is 16.1 Å². The largest absolute Gasteiger partial charge is 0.396 e. The average molecular weight is 227 g/mol. The van der Waals surface area contributed by atoms with E-state index in [-0.39, 0.29) is 25.1 Å². The van der Waals surface area contributed by atoms with E-state index in [0.29, 0.717) is 12.0 Å². The molecule has 1 rings (SSSR count). The summed E-state index contributed by atoms with van der Waals surface area (Å²) in [5.74, 6) is 0. The lowest BCUT2D eigenvalue weighted by molar-refractivity contribution is 0.280. The zero-order valence-electron chi connectivity index (χ0n) is 8.39. The Kier molecular flexibility index (Phi) is 6.72. The van der Waals surface area contributed by atoms with Crippen LogP contribution in [0.15, 0.2) is 24.3 Å². The molecule has 0 amide bonds. The van der Waals surface area contributed by atoms with Gasteiger partial charge in [0.25, 0.3) is 0 Å². The Hall–Kier alpha value is -1.08. The van der Waals surface area contributed by atoms with E-state index in [1.165, 1.54) is 0 Å². The van der Waals surface area contributed by atoms with Gasteiger partial charge in [-0.3, -0.25) is 0 Å². The predicted molar refractivity (Wildman–Crippen MR) is 61.7 cm³/mol. The molecule has 0 aliphatic rings. The average Bonchev–Trinajstić information content (AvgIpc) is 2.26. The van der Waals surface area contributed by atoms with Gasteiger partial charge in [0.2, 0.25) is 0 Å². The lowest BCUT2D eigenvalue weighted by Gasteiger charge is -2.10. The third-order valence-corrected chi connectivity index (χ3v) is 2.12. The minimum Gasteiger partial charge on any atom is -0.396 e. The molecule has 15 heavy (non-hydrogen) atoms. The molecule has 0 saturated carbocycles. The Morgan fingerprint density at radius 1 is 1.47 bits per heavy atom. The van der Waals surface area contributed by atoms with Crippen molar-refractivity contribution in [2.75, 3.05) is 6.61 Å². The molecule has 0 spiro atoms. The lowest BCUT2D eigenvalue weighted by Crippen LogP contribution is -2.10. The quantitative estimate of drug-likeness (QED) is 0.822. The standard InChI is InChI=1S/C11H14N2O.ClH/c12-8-9-3-1-4-10(7-9)11(13)5-2-6-14;/h1,3-4,7,11,14H,2,5-6,13H2;1H/t11-;/m0./s1. The molecule has 0 aliphatic carbocycles. The van der Waals surface area contributed by atoms with Gasteiger partial charge in [-0.15, -0.1) is 12.4 Å². The van der Waals surface area contributed by atoms with Crippen molar-refractivity contribution < 1.29 is 5.11 Å². The third-order valence-electron chi connectivity index (χ3n) is 2.12. The van der Waals surface area contributed by atoms with Crippen LogP contribution in [0.3, 0.4) is 0 Å². The number of nitriles is 1. The van der Waals surface area contributed by atoms with Crippen molar-refractivity contribution in [1.82, 2.24) is 0 Å². The number of nitrogens with zero attached hydrogens (tertiary/aromatic N) is 1. The first-order valence-electron chi connectivity index (χ1n) is 4.64. The van der Waals surface area contributed by atoms with E-state index in [0.717, 1.165) is 12.0 Å². The Morgan fingerprint density at radius 3 is 2.80 bits per heavy atom. The normalized spacial score (nSPS) is 11.3. The molecular formula is C11H15ClN2O. The molecule has 0 aromatic heterocycles. The number of aliphatic hydroxyl groups is 1. The lowest BCUT2D eigenvalue weighted by atomic mass is 10.0. The maximum Gasteiger partial charge on any atom is 0.0991 e. The summed E-state index contributed by atoms with van der Waals surface area (Å²) in [5.41, 5.74) is 7.47. The van der Waals surface area contributed by atoms with Gasteiger partial charge in [0.15, 0.2) is 0 Å². The maximum atomic E-state index is 8.69. The molecule has 0 unspecified atom stereocenters. The first-order chi connectivity index (χ1) is 6.77. The van der Waals surface area contributed by atoms with E-state index in [1.807, 2.05) is 12.1 Å². The van der Waals surface area contributed by atoms with E-state index in [1.54, 1.807) is 12.1 Å². The van der Waals surface area contributed by atoms with E-state index in [2.05, 4.69) is 6.07 Å². The zero-order chi connectivity index (χ0) is 10.4. The van der Waals surface area contributed by atoms with E-state index < -0.39 is 0 Å². The van der Waals surface area contributed by atoms with Crippen LogP contribution in [0.1, 0.15) is 30.0 Å². The highest BCUT2D eigenvalue weighted by molar-refractivity contribution is 5.85. The number of aliphatic hydroxyl groups excluding tert-OH is 1. The van der Waals surface area contributed by atoms with Crippen LogP contribution in [-0.4, -0.2) is 11.7 Å². The number of halogens is 1. The van der Waals surface area contributed by atoms with Gasteiger partial charge in [0.05, 0.1) is 11.6 Å². The van der Waals surface area contributed by atoms with Crippen molar-refractivity contribution in [1.29, 1.82) is 5.26 Å². The van der Waals surface area contributed by atoms with Gasteiger partial charge in [0, 0.05) is 12.6 Å². The molecule has 4 heteroatoms. The summed E-state index contributed by atoms with van der Waals surface area (Å²) in [6, 6.07) is 9.26. The molecule has 0 radical (unpaired) electrons. The Balaban J connectivity index is 0.00000196. The van der Waals surface area contributed by atoms with Crippen LogP contribution < -0.4 is 5.73 Å². The van der Waals surface area contributed by atoms with Crippen molar-refractivity contribution in [3.63, 3.8) is 0 Å². The summed E-state index contributed by atoms with van der Waals surface area (Å²) in [7, 11) is 0. The molecule has 0 heterocycles. The molecule has 0 aliphatic heterocycles. The second kappa shape index (κ2) is 7.24. The number of hydrogen-bond donors (Lipinski definition) is 2. The molecule has 0 fully saturated rings. The van der Waals surface area contributed by atoms with Gasteiger partial charge >= 0.3 is 0 Å². The first kappa shape index (κ1) is 13.9. The van der Waals surface area contributed by atoms with Crippen LogP contribution in [0, 0.1) is 11.3 Å². The maximum absolute atomic E-state index is 8.69. The van der Waals surface area contributed by atoms with E-state index >= 15 is 0 Å². The van der Waals surface area contributed by atoms with Gasteiger partial charge in [-0.1, -0.05) is 12.1 Å². The predicted octanol–water partition coefficient (Wildman–Crippen LogP) is 1.75. The summed E-state index contributed by atoms with van der Waals surface area (Å²) < 4.78 is 0. The molecule has 0 bridgehead atoms. The molecule has 1 aromatic carbocycles. The fraction of sp³-hybridized carbons (Fsp3) is 0.364. The van der Waals surface area contributed by atoms with Gasteiger partial charge < -0.3 is 10.8 Å². The summed E-state index contributed by atoms with van der Waals surface area (Å²) in [6.07, 6.45) is 1.43. The zero-order valence-corrected chi connectivity index (χ0v) is 9.20. The second-order valence-corrected chi connectivity index (χ2v) is 3.21. The smallest absolute Gasteiger partial charge is 0.0991 e. The molecule has 1 atom stereocenters. The second-order valence-electron chi connectivity index (χ2n) is 3.21. The number of nitrogens with two attached hydrogens (primary N) is 1. The summed E-state index contributed by atoms with van der Waals surface area (Å²) in [5, 5.41) is 17.3. The Labute approximate surface area is 95.9 Å². The van der Waals surface area contributed by atoms with Gasteiger partial charge in [-0.2, -0.15) is 5.26 Å². The van der Waals surface area contributed by atoms with Gasteiger partial charge in [-0.25, -0.2) is 0 Å². The minimum absolute atomic E-state index is 0. The van der Waals surface area contributed by atoms with E-state index in [9.17, 15) is 0 Å². The number of hydrogen-bond acceptors (Lipinski definition) is 3. The molecule has 0 saturated heterocycles. The molecule has 82 valence electrons. The fourth-order valence-electron chi connectivity index (χ4n) is 1.32. The summed E-state index contributed by atoms with van der Waals surface area (Å²) in [4.78, 5) is 0. The van der Waals surface area contributed by atoms with Crippen LogP contribution in [0.5, 0.6) is 0 Å². The Morgan fingerprint density at radius 2 is 2.20 bits per heavy atom. The Bertz CT molecular complexity index is 336. The summed E-state index contributed by atoms with van der Waals surface area (Å²) in [6.45, 7) is 0.158. The molecule has 3 N–H and O–H groups in total. The topological polar surface area (TPSA) is 70.0 Å². The molecule has 3 nitrogen and oxygen atoms in total. The SMILES string of the molecule is Cl.N#Cc1cccc([C@@H](N)CCCO)c1. The summed E-state index contributed by atoms with van der Waals surface area (Å²) >= 11 is 0.